The number of likely N-dealkylation sites (tertiary alicyclic amines) is 1. The molecule has 1 aromatic rings. The van der Waals surface area contributed by atoms with Gasteiger partial charge in [0.25, 0.3) is 0 Å². The smallest absolute Gasteiger partial charge is 0.190 e. The highest BCUT2D eigenvalue weighted by Crippen LogP contribution is 2.15. The van der Waals surface area contributed by atoms with Crippen molar-refractivity contribution >= 4 is 5.96 Å². The molecule has 0 aliphatic carbocycles. The summed E-state index contributed by atoms with van der Waals surface area (Å²) in [5, 5.41) is 6.92. The van der Waals surface area contributed by atoms with Gasteiger partial charge in [0.1, 0.15) is 0 Å². The van der Waals surface area contributed by atoms with Gasteiger partial charge in [0.05, 0.1) is 6.61 Å². The highest BCUT2D eigenvalue weighted by atomic mass is 16.5. The first-order chi connectivity index (χ1) is 12.3. The molecular formula is C20H34N4O. The Morgan fingerprint density at radius 2 is 1.96 bits per heavy atom. The van der Waals surface area contributed by atoms with Gasteiger partial charge >= 0.3 is 0 Å². The minimum absolute atomic E-state index is 0.738. The Morgan fingerprint density at radius 1 is 1.20 bits per heavy atom. The second-order valence-electron chi connectivity index (χ2n) is 6.75. The number of methoxy groups -OCH3 is 1. The van der Waals surface area contributed by atoms with Crippen molar-refractivity contribution in [3.8, 4) is 0 Å². The third kappa shape index (κ3) is 7.88. The molecule has 0 unspecified atom stereocenters. The molecule has 0 atom stereocenters. The number of nitrogens with one attached hydrogen (secondary N) is 2. The highest BCUT2D eigenvalue weighted by molar-refractivity contribution is 5.79. The van der Waals surface area contributed by atoms with Crippen LogP contribution in [0.3, 0.4) is 0 Å². The number of benzene rings is 1. The van der Waals surface area contributed by atoms with Crippen molar-refractivity contribution in [1.29, 1.82) is 0 Å². The molecule has 5 nitrogen and oxygen atoms in total. The predicted molar refractivity (Wildman–Crippen MR) is 105 cm³/mol. The van der Waals surface area contributed by atoms with E-state index < -0.39 is 0 Å². The molecule has 0 amide bonds. The monoisotopic (exact) mass is 346 g/mol. The summed E-state index contributed by atoms with van der Waals surface area (Å²) in [4.78, 5) is 6.84. The molecule has 1 aliphatic heterocycles. The standard InChI is InChI=1S/C20H34N4O/c1-21-20(22-12-6-9-18-7-4-3-5-8-18)23-17-19-10-13-24(14-11-19)15-16-25-2/h3-5,7-8,19H,6,9-17H2,1-2H3,(H2,21,22,23). The lowest BCUT2D eigenvalue weighted by molar-refractivity contribution is 0.121. The van der Waals surface area contributed by atoms with Gasteiger partial charge in [0.15, 0.2) is 5.96 Å². The quantitative estimate of drug-likeness (QED) is 0.409. The van der Waals surface area contributed by atoms with E-state index in [0.717, 1.165) is 51.0 Å². The van der Waals surface area contributed by atoms with Gasteiger partial charge in [-0.25, -0.2) is 0 Å². The minimum Gasteiger partial charge on any atom is -0.383 e. The number of piperidine rings is 1. The lowest BCUT2D eigenvalue weighted by Gasteiger charge is -2.32. The van der Waals surface area contributed by atoms with E-state index in [0.29, 0.717) is 0 Å². The van der Waals surface area contributed by atoms with Crippen molar-refractivity contribution < 1.29 is 4.74 Å². The Bertz CT molecular complexity index is 484. The highest BCUT2D eigenvalue weighted by Gasteiger charge is 2.18. The van der Waals surface area contributed by atoms with E-state index in [-0.39, 0.29) is 0 Å². The molecule has 2 N–H and O–H groups in total. The molecule has 1 heterocycles. The van der Waals surface area contributed by atoms with Crippen LogP contribution in [0, 0.1) is 5.92 Å². The molecule has 1 aromatic carbocycles. The predicted octanol–water partition coefficient (Wildman–Crippen LogP) is 2.14. The fraction of sp³-hybridized carbons (Fsp3) is 0.650. The maximum Gasteiger partial charge on any atom is 0.190 e. The van der Waals surface area contributed by atoms with Crippen LogP contribution in [0.25, 0.3) is 0 Å². The summed E-state index contributed by atoms with van der Waals surface area (Å²) in [6.45, 7) is 6.21. The SMILES string of the molecule is CN=C(NCCCc1ccccc1)NCC1CCN(CCOC)CC1. The van der Waals surface area contributed by atoms with Gasteiger partial charge in [-0.1, -0.05) is 30.3 Å². The van der Waals surface area contributed by atoms with Gasteiger partial charge < -0.3 is 20.3 Å². The molecule has 0 radical (unpaired) electrons. The number of ether oxygens (including phenoxy) is 1. The van der Waals surface area contributed by atoms with Crippen molar-refractivity contribution in [2.45, 2.75) is 25.7 Å². The van der Waals surface area contributed by atoms with Crippen molar-refractivity contribution in [1.82, 2.24) is 15.5 Å². The van der Waals surface area contributed by atoms with Crippen molar-refractivity contribution in [3.05, 3.63) is 35.9 Å². The summed E-state index contributed by atoms with van der Waals surface area (Å²) < 4.78 is 5.16. The first-order valence-corrected chi connectivity index (χ1v) is 9.51. The zero-order valence-electron chi connectivity index (χ0n) is 15.8. The Morgan fingerprint density at radius 3 is 2.64 bits per heavy atom. The van der Waals surface area contributed by atoms with E-state index in [2.05, 4.69) is 50.9 Å². The molecule has 1 fully saturated rings. The fourth-order valence-corrected chi connectivity index (χ4v) is 3.24. The maximum absolute atomic E-state index is 5.16. The number of hydrogen-bond acceptors (Lipinski definition) is 3. The Labute approximate surface area is 152 Å². The third-order valence-electron chi connectivity index (χ3n) is 4.88. The van der Waals surface area contributed by atoms with E-state index in [1.807, 2.05) is 7.05 Å². The van der Waals surface area contributed by atoms with Gasteiger partial charge in [-0.05, 0) is 50.3 Å². The Kier molecular flexibility index (Phi) is 9.37. The van der Waals surface area contributed by atoms with Crippen LogP contribution in [0.1, 0.15) is 24.8 Å². The van der Waals surface area contributed by atoms with Gasteiger partial charge in [0, 0.05) is 33.8 Å². The van der Waals surface area contributed by atoms with Crippen molar-refractivity contribution in [3.63, 3.8) is 0 Å². The van der Waals surface area contributed by atoms with Crippen LogP contribution in [-0.2, 0) is 11.2 Å². The van der Waals surface area contributed by atoms with Gasteiger partial charge in [-0.15, -0.1) is 0 Å². The summed E-state index contributed by atoms with van der Waals surface area (Å²) in [6.07, 6.45) is 4.72. The van der Waals surface area contributed by atoms with Crippen LogP contribution in [0.2, 0.25) is 0 Å². The largest absolute Gasteiger partial charge is 0.383 e. The summed E-state index contributed by atoms with van der Waals surface area (Å²) >= 11 is 0. The number of nitrogens with zero attached hydrogens (tertiary/aromatic N) is 2. The topological polar surface area (TPSA) is 48.9 Å². The Balaban J connectivity index is 1.56. The molecule has 0 saturated carbocycles. The Hall–Kier alpha value is -1.59. The molecule has 0 aromatic heterocycles. The molecular weight excluding hydrogens is 312 g/mol. The first-order valence-electron chi connectivity index (χ1n) is 9.51. The number of hydrogen-bond donors (Lipinski definition) is 2. The first kappa shape index (κ1) is 19.7. The number of aliphatic imine (C=N–C) groups is 1. The molecule has 5 heteroatoms. The second kappa shape index (κ2) is 11.9. The molecule has 0 bridgehead atoms. The lowest BCUT2D eigenvalue weighted by Crippen LogP contribution is -2.43. The summed E-state index contributed by atoms with van der Waals surface area (Å²) in [6, 6.07) is 10.6. The third-order valence-corrected chi connectivity index (χ3v) is 4.88. The van der Waals surface area contributed by atoms with E-state index in [1.165, 1.54) is 31.5 Å². The van der Waals surface area contributed by atoms with Crippen molar-refractivity contribution in [2.24, 2.45) is 10.9 Å². The molecule has 140 valence electrons. The fourth-order valence-electron chi connectivity index (χ4n) is 3.24. The number of aryl methyl sites for hydroxylation is 1. The maximum atomic E-state index is 5.16. The van der Waals surface area contributed by atoms with E-state index >= 15 is 0 Å². The van der Waals surface area contributed by atoms with Crippen LogP contribution < -0.4 is 10.6 Å². The summed E-state index contributed by atoms with van der Waals surface area (Å²) in [5.74, 6) is 1.66. The van der Waals surface area contributed by atoms with Gasteiger partial charge in [0.2, 0.25) is 0 Å². The molecule has 1 aliphatic rings. The average Bonchev–Trinajstić information content (AvgIpc) is 2.67. The zero-order chi connectivity index (χ0) is 17.7. The zero-order valence-corrected chi connectivity index (χ0v) is 15.8. The average molecular weight is 347 g/mol. The number of guanidine groups is 1. The lowest BCUT2D eigenvalue weighted by atomic mass is 9.97. The normalized spacial score (nSPS) is 16.8. The van der Waals surface area contributed by atoms with Crippen LogP contribution >= 0.6 is 0 Å². The van der Waals surface area contributed by atoms with Crippen LogP contribution in [0.5, 0.6) is 0 Å². The summed E-state index contributed by atoms with van der Waals surface area (Å²) in [7, 11) is 3.62. The van der Waals surface area contributed by atoms with Crippen molar-refractivity contribution in [2.75, 3.05) is 53.5 Å². The van der Waals surface area contributed by atoms with E-state index in [1.54, 1.807) is 7.11 Å². The van der Waals surface area contributed by atoms with Crippen LogP contribution in [-0.4, -0.2) is 64.3 Å². The molecule has 1 saturated heterocycles. The van der Waals surface area contributed by atoms with Gasteiger partial charge in [-0.3, -0.25) is 4.99 Å². The number of rotatable bonds is 9. The van der Waals surface area contributed by atoms with Crippen LogP contribution in [0.15, 0.2) is 35.3 Å². The molecule has 25 heavy (non-hydrogen) atoms. The van der Waals surface area contributed by atoms with E-state index in [9.17, 15) is 0 Å². The second-order valence-corrected chi connectivity index (χ2v) is 6.75. The molecule has 0 spiro atoms. The van der Waals surface area contributed by atoms with E-state index in [4.69, 9.17) is 4.74 Å². The van der Waals surface area contributed by atoms with Crippen LogP contribution in [0.4, 0.5) is 0 Å². The van der Waals surface area contributed by atoms with Gasteiger partial charge in [-0.2, -0.15) is 0 Å². The minimum atomic E-state index is 0.738. The molecule has 2 rings (SSSR count). The summed E-state index contributed by atoms with van der Waals surface area (Å²) in [5.41, 5.74) is 1.40.